The van der Waals surface area contributed by atoms with E-state index < -0.39 is 0 Å². The van der Waals surface area contributed by atoms with Crippen molar-refractivity contribution in [2.75, 3.05) is 19.6 Å². The minimum Gasteiger partial charge on any atom is -0.355 e. The fourth-order valence-electron chi connectivity index (χ4n) is 2.45. The molecule has 21 heavy (non-hydrogen) atoms. The molecule has 0 radical (unpaired) electrons. The molecule has 1 N–H and O–H groups in total. The van der Waals surface area contributed by atoms with Crippen molar-refractivity contribution in [3.63, 3.8) is 0 Å². The van der Waals surface area contributed by atoms with Crippen molar-refractivity contribution in [2.45, 2.75) is 33.1 Å². The number of carbonyl (C=O) groups excluding carboxylic acids is 2. The molecule has 2 heterocycles. The van der Waals surface area contributed by atoms with Crippen molar-refractivity contribution in [3.8, 4) is 0 Å². The van der Waals surface area contributed by atoms with Gasteiger partial charge in [-0.1, -0.05) is 11.6 Å². The van der Waals surface area contributed by atoms with E-state index in [9.17, 15) is 9.59 Å². The predicted octanol–water partition coefficient (Wildman–Crippen LogP) is 2.02. The van der Waals surface area contributed by atoms with Gasteiger partial charge in [-0.3, -0.25) is 9.59 Å². The number of halogens is 1. The average molecular weight is 330 g/mol. The van der Waals surface area contributed by atoms with Crippen LogP contribution in [0, 0.1) is 12.8 Å². The maximum absolute atomic E-state index is 12.1. The zero-order chi connectivity index (χ0) is 15.4. The number of amides is 2. The van der Waals surface area contributed by atoms with Gasteiger partial charge < -0.3 is 10.2 Å². The van der Waals surface area contributed by atoms with Crippen LogP contribution in [0.3, 0.4) is 0 Å². The van der Waals surface area contributed by atoms with E-state index in [0.717, 1.165) is 30.1 Å². The fourth-order valence-corrected chi connectivity index (χ4v) is 3.55. The van der Waals surface area contributed by atoms with Crippen LogP contribution in [0.5, 0.6) is 0 Å². The molecule has 1 atom stereocenters. The topological polar surface area (TPSA) is 62.3 Å². The molecule has 1 aromatic rings. The van der Waals surface area contributed by atoms with Gasteiger partial charge in [0.2, 0.25) is 11.8 Å². The lowest BCUT2D eigenvalue weighted by Gasteiger charge is -2.31. The molecule has 0 bridgehead atoms. The van der Waals surface area contributed by atoms with Gasteiger partial charge in [-0.25, -0.2) is 4.98 Å². The summed E-state index contributed by atoms with van der Waals surface area (Å²) in [5.74, 6) is -0.0232. The van der Waals surface area contributed by atoms with Crippen molar-refractivity contribution in [3.05, 3.63) is 15.0 Å². The van der Waals surface area contributed by atoms with Gasteiger partial charge in [0, 0.05) is 33.0 Å². The van der Waals surface area contributed by atoms with Crippen molar-refractivity contribution < 1.29 is 9.59 Å². The molecule has 1 aliphatic heterocycles. The Balaban J connectivity index is 1.77. The summed E-state index contributed by atoms with van der Waals surface area (Å²) in [6, 6.07) is 0. The number of aromatic nitrogens is 1. The first kappa shape index (κ1) is 16.2. The third-order valence-corrected chi connectivity index (χ3v) is 5.17. The molecule has 5 nitrogen and oxygen atoms in total. The van der Waals surface area contributed by atoms with E-state index in [0.29, 0.717) is 23.8 Å². The van der Waals surface area contributed by atoms with E-state index in [1.807, 2.05) is 6.92 Å². The maximum atomic E-state index is 12.1. The molecular weight excluding hydrogens is 310 g/mol. The summed E-state index contributed by atoms with van der Waals surface area (Å²) in [5.41, 5.74) is 0.840. The molecule has 1 unspecified atom stereocenters. The monoisotopic (exact) mass is 329 g/mol. The van der Waals surface area contributed by atoms with Crippen LogP contribution in [-0.2, 0) is 16.0 Å². The molecule has 2 rings (SSSR count). The summed E-state index contributed by atoms with van der Waals surface area (Å²) >= 11 is 7.43. The van der Waals surface area contributed by atoms with Gasteiger partial charge in [0.15, 0.2) is 0 Å². The lowest BCUT2D eigenvalue weighted by atomic mass is 9.97. The SMILES string of the molecule is CC(=O)N1CCCC(C(=O)NCCc2nc(C)c(Cl)s2)C1. The van der Waals surface area contributed by atoms with E-state index in [2.05, 4.69) is 10.3 Å². The molecule has 0 saturated carbocycles. The van der Waals surface area contributed by atoms with Gasteiger partial charge in [-0.15, -0.1) is 11.3 Å². The molecule has 1 saturated heterocycles. The second-order valence-electron chi connectivity index (χ2n) is 5.31. The highest BCUT2D eigenvalue weighted by atomic mass is 35.5. The maximum Gasteiger partial charge on any atom is 0.224 e. The smallest absolute Gasteiger partial charge is 0.224 e. The van der Waals surface area contributed by atoms with Crippen LogP contribution >= 0.6 is 22.9 Å². The highest BCUT2D eigenvalue weighted by Crippen LogP contribution is 2.23. The average Bonchev–Trinajstić information content (AvgIpc) is 2.77. The van der Waals surface area contributed by atoms with Crippen LogP contribution in [0.4, 0.5) is 0 Å². The molecule has 1 aromatic heterocycles. The number of carbonyl (C=O) groups is 2. The first-order valence-electron chi connectivity index (χ1n) is 7.12. The second kappa shape index (κ2) is 7.22. The summed E-state index contributed by atoms with van der Waals surface area (Å²) in [5, 5.41) is 3.87. The largest absolute Gasteiger partial charge is 0.355 e. The molecular formula is C14H20ClN3O2S. The lowest BCUT2D eigenvalue weighted by molar-refractivity contribution is -0.133. The van der Waals surface area contributed by atoms with E-state index in [1.54, 1.807) is 11.8 Å². The van der Waals surface area contributed by atoms with Crippen molar-refractivity contribution >= 4 is 34.8 Å². The van der Waals surface area contributed by atoms with Gasteiger partial charge in [-0.2, -0.15) is 0 Å². The highest BCUT2D eigenvalue weighted by molar-refractivity contribution is 7.16. The Kier molecular flexibility index (Phi) is 5.58. The molecule has 116 valence electrons. The number of piperidine rings is 1. The first-order valence-corrected chi connectivity index (χ1v) is 8.32. The number of hydrogen-bond acceptors (Lipinski definition) is 4. The normalized spacial score (nSPS) is 18.6. The van der Waals surface area contributed by atoms with Crippen LogP contribution in [0.15, 0.2) is 0 Å². The molecule has 1 fully saturated rings. The summed E-state index contributed by atoms with van der Waals surface area (Å²) in [7, 11) is 0. The van der Waals surface area contributed by atoms with Crippen LogP contribution in [0.25, 0.3) is 0 Å². The lowest BCUT2D eigenvalue weighted by Crippen LogP contribution is -2.45. The third kappa shape index (κ3) is 4.41. The van der Waals surface area contributed by atoms with E-state index >= 15 is 0 Å². The minimum atomic E-state index is -0.0933. The second-order valence-corrected chi connectivity index (χ2v) is 7.00. The number of thiazole rings is 1. The Bertz CT molecular complexity index is 513. The van der Waals surface area contributed by atoms with Gasteiger partial charge in [0.25, 0.3) is 0 Å². The van der Waals surface area contributed by atoms with E-state index in [4.69, 9.17) is 11.6 Å². The van der Waals surface area contributed by atoms with Gasteiger partial charge in [0.1, 0.15) is 4.34 Å². The van der Waals surface area contributed by atoms with Crippen LogP contribution in [0.2, 0.25) is 4.34 Å². The summed E-state index contributed by atoms with van der Waals surface area (Å²) < 4.78 is 0.709. The van der Waals surface area contributed by atoms with E-state index in [1.165, 1.54) is 11.3 Å². The van der Waals surface area contributed by atoms with Gasteiger partial charge in [-0.05, 0) is 19.8 Å². The number of aryl methyl sites for hydroxylation is 1. The Morgan fingerprint density at radius 2 is 2.29 bits per heavy atom. The highest BCUT2D eigenvalue weighted by Gasteiger charge is 2.26. The Hall–Kier alpha value is -1.14. The Labute approximate surface area is 133 Å². The molecule has 7 heteroatoms. The van der Waals surface area contributed by atoms with E-state index in [-0.39, 0.29) is 17.7 Å². The molecule has 0 aromatic carbocycles. The van der Waals surface area contributed by atoms with Crippen molar-refractivity contribution in [2.24, 2.45) is 5.92 Å². The molecule has 0 spiro atoms. The molecule has 1 aliphatic rings. The van der Waals surface area contributed by atoms with Crippen molar-refractivity contribution in [1.29, 1.82) is 0 Å². The number of hydrogen-bond donors (Lipinski definition) is 1. The standard InChI is InChI=1S/C14H20ClN3O2S/c1-9-13(15)21-12(17-9)5-6-16-14(20)11-4-3-7-18(8-11)10(2)19/h11H,3-8H2,1-2H3,(H,16,20). The Morgan fingerprint density at radius 1 is 1.52 bits per heavy atom. The molecule has 2 amide bonds. The summed E-state index contributed by atoms with van der Waals surface area (Å²) in [6.45, 7) is 5.27. The first-order chi connectivity index (χ1) is 9.97. The number of likely N-dealkylation sites (tertiary alicyclic amines) is 1. The van der Waals surface area contributed by atoms with Crippen LogP contribution < -0.4 is 5.32 Å². The van der Waals surface area contributed by atoms with Crippen LogP contribution in [-0.4, -0.2) is 41.3 Å². The van der Waals surface area contributed by atoms with Crippen LogP contribution in [0.1, 0.15) is 30.5 Å². The number of nitrogens with one attached hydrogen (secondary N) is 1. The van der Waals surface area contributed by atoms with Gasteiger partial charge >= 0.3 is 0 Å². The fraction of sp³-hybridized carbons (Fsp3) is 0.643. The zero-order valence-electron chi connectivity index (χ0n) is 12.3. The summed E-state index contributed by atoms with van der Waals surface area (Å²) in [6.07, 6.45) is 2.42. The third-order valence-electron chi connectivity index (χ3n) is 3.66. The zero-order valence-corrected chi connectivity index (χ0v) is 13.9. The minimum absolute atomic E-state index is 0.0281. The predicted molar refractivity (Wildman–Crippen MR) is 83.6 cm³/mol. The molecule has 0 aliphatic carbocycles. The quantitative estimate of drug-likeness (QED) is 0.919. The summed E-state index contributed by atoms with van der Waals surface area (Å²) in [4.78, 5) is 29.6. The Morgan fingerprint density at radius 3 is 2.90 bits per heavy atom. The van der Waals surface area contributed by atoms with Gasteiger partial charge in [0.05, 0.1) is 16.6 Å². The van der Waals surface area contributed by atoms with Crippen molar-refractivity contribution in [1.82, 2.24) is 15.2 Å². The number of nitrogens with zero attached hydrogens (tertiary/aromatic N) is 2. The number of rotatable bonds is 4.